The summed E-state index contributed by atoms with van der Waals surface area (Å²) in [6, 6.07) is 15.4. The molecule has 5 heteroatoms. The van der Waals surface area contributed by atoms with Gasteiger partial charge in [0.25, 0.3) is 5.91 Å². The Morgan fingerprint density at radius 3 is 2.69 bits per heavy atom. The maximum absolute atomic E-state index is 13.1. The van der Waals surface area contributed by atoms with Crippen molar-refractivity contribution in [1.82, 2.24) is 10.2 Å². The van der Waals surface area contributed by atoms with Crippen molar-refractivity contribution >= 4 is 11.8 Å². The molecule has 0 aromatic heterocycles. The van der Waals surface area contributed by atoms with Crippen molar-refractivity contribution in [3.05, 3.63) is 70.8 Å². The van der Waals surface area contributed by atoms with Crippen LogP contribution in [0.2, 0.25) is 0 Å². The predicted octanol–water partition coefficient (Wildman–Crippen LogP) is 2.29. The summed E-state index contributed by atoms with van der Waals surface area (Å²) in [6.07, 6.45) is 0.818. The lowest BCUT2D eigenvalue weighted by Gasteiger charge is -2.45. The predicted molar refractivity (Wildman–Crippen MR) is 98.0 cm³/mol. The van der Waals surface area contributed by atoms with E-state index in [9.17, 15) is 9.59 Å². The first kappa shape index (κ1) is 16.8. The van der Waals surface area contributed by atoms with Crippen LogP contribution in [-0.2, 0) is 16.0 Å². The van der Waals surface area contributed by atoms with Gasteiger partial charge in [-0.1, -0.05) is 42.5 Å². The van der Waals surface area contributed by atoms with Gasteiger partial charge in [-0.3, -0.25) is 9.59 Å². The molecular weight excluding hydrogens is 328 g/mol. The zero-order valence-electron chi connectivity index (χ0n) is 14.8. The Bertz CT molecular complexity index is 849. The van der Waals surface area contributed by atoms with Crippen LogP contribution in [0.5, 0.6) is 0 Å². The van der Waals surface area contributed by atoms with Crippen LogP contribution in [0.3, 0.4) is 0 Å². The molecule has 0 spiro atoms. The fourth-order valence-electron chi connectivity index (χ4n) is 4.14. The van der Waals surface area contributed by atoms with E-state index in [1.807, 2.05) is 47.4 Å². The zero-order valence-corrected chi connectivity index (χ0v) is 14.8. The highest BCUT2D eigenvalue weighted by molar-refractivity contribution is 6.01. The number of hydrogen-bond acceptors (Lipinski definition) is 3. The second-order valence-electron chi connectivity index (χ2n) is 6.74. The highest BCUT2D eigenvalue weighted by Gasteiger charge is 2.45. The van der Waals surface area contributed by atoms with Crippen LogP contribution in [0.4, 0.5) is 0 Å². The molecule has 2 amide bonds. The van der Waals surface area contributed by atoms with Crippen LogP contribution >= 0.6 is 0 Å². The smallest absolute Gasteiger partial charge is 0.254 e. The number of nitrogens with zero attached hydrogens (tertiary/aromatic N) is 1. The van der Waals surface area contributed by atoms with Crippen molar-refractivity contribution in [3.8, 4) is 0 Å². The van der Waals surface area contributed by atoms with E-state index in [0.717, 1.165) is 17.5 Å². The lowest BCUT2D eigenvalue weighted by molar-refractivity contribution is -0.124. The van der Waals surface area contributed by atoms with Gasteiger partial charge in [0, 0.05) is 25.8 Å². The monoisotopic (exact) mass is 350 g/mol. The normalized spacial score (nSPS) is 20.8. The molecule has 1 N–H and O–H groups in total. The Morgan fingerprint density at radius 1 is 1.15 bits per heavy atom. The van der Waals surface area contributed by atoms with E-state index in [1.54, 1.807) is 7.11 Å². The summed E-state index contributed by atoms with van der Waals surface area (Å²) in [5, 5.41) is 2.97. The molecule has 26 heavy (non-hydrogen) atoms. The van der Waals surface area contributed by atoms with Crippen LogP contribution in [0.15, 0.2) is 48.5 Å². The molecule has 134 valence electrons. The molecule has 2 aromatic rings. The number of amides is 2. The van der Waals surface area contributed by atoms with Gasteiger partial charge < -0.3 is 15.0 Å². The second-order valence-corrected chi connectivity index (χ2v) is 6.74. The number of rotatable bonds is 4. The Labute approximate surface area is 153 Å². The van der Waals surface area contributed by atoms with Crippen molar-refractivity contribution in [1.29, 1.82) is 0 Å². The molecule has 2 aliphatic heterocycles. The van der Waals surface area contributed by atoms with Crippen molar-refractivity contribution in [2.45, 2.75) is 18.4 Å². The van der Waals surface area contributed by atoms with Gasteiger partial charge in [0.2, 0.25) is 5.91 Å². The molecule has 2 atom stereocenters. The van der Waals surface area contributed by atoms with Crippen LogP contribution < -0.4 is 5.32 Å². The quantitative estimate of drug-likeness (QED) is 0.861. The third-order valence-electron chi connectivity index (χ3n) is 5.32. The number of carbonyl (C=O) groups excluding carboxylic acids is 2. The van der Waals surface area contributed by atoms with E-state index in [2.05, 4.69) is 11.4 Å². The van der Waals surface area contributed by atoms with Gasteiger partial charge >= 0.3 is 0 Å². The second kappa shape index (κ2) is 6.92. The van der Waals surface area contributed by atoms with Crippen LogP contribution in [-0.4, -0.2) is 43.5 Å². The molecule has 2 heterocycles. The first-order valence-electron chi connectivity index (χ1n) is 8.96. The maximum Gasteiger partial charge on any atom is 0.254 e. The minimum absolute atomic E-state index is 0.0149. The molecule has 0 saturated carbocycles. The summed E-state index contributed by atoms with van der Waals surface area (Å²) >= 11 is 0. The highest BCUT2D eigenvalue weighted by Crippen LogP contribution is 2.45. The van der Waals surface area contributed by atoms with Gasteiger partial charge in [0.1, 0.15) is 0 Å². The van der Waals surface area contributed by atoms with Gasteiger partial charge in [0.05, 0.1) is 18.6 Å². The summed E-state index contributed by atoms with van der Waals surface area (Å²) in [4.78, 5) is 28.0. The molecule has 2 aromatic carbocycles. The Balaban J connectivity index is 1.81. The molecule has 0 saturated heterocycles. The number of hydrogen-bond donors (Lipinski definition) is 1. The third-order valence-corrected chi connectivity index (χ3v) is 5.32. The van der Waals surface area contributed by atoms with E-state index in [0.29, 0.717) is 25.3 Å². The van der Waals surface area contributed by atoms with E-state index in [-0.39, 0.29) is 17.9 Å². The zero-order chi connectivity index (χ0) is 18.1. The molecule has 0 bridgehead atoms. The SMILES string of the molecule is COCCNC(=O)[C@H]1c2ccccc2C(=O)N2CCc3ccccc3[C@H]12. The van der Waals surface area contributed by atoms with Crippen molar-refractivity contribution in [3.63, 3.8) is 0 Å². The Morgan fingerprint density at radius 2 is 1.88 bits per heavy atom. The first-order chi connectivity index (χ1) is 12.7. The topological polar surface area (TPSA) is 58.6 Å². The van der Waals surface area contributed by atoms with Gasteiger partial charge in [-0.15, -0.1) is 0 Å². The fourth-order valence-corrected chi connectivity index (χ4v) is 4.14. The van der Waals surface area contributed by atoms with E-state index in [4.69, 9.17) is 4.74 Å². The lowest BCUT2D eigenvalue weighted by atomic mass is 9.76. The number of fused-ring (bicyclic) bond motifs is 4. The number of ether oxygens (including phenoxy) is 1. The fraction of sp³-hybridized carbons (Fsp3) is 0.333. The van der Waals surface area contributed by atoms with Crippen molar-refractivity contribution in [2.24, 2.45) is 0 Å². The van der Waals surface area contributed by atoms with Crippen molar-refractivity contribution in [2.75, 3.05) is 26.8 Å². The van der Waals surface area contributed by atoms with Gasteiger partial charge in [-0.05, 0) is 29.2 Å². The third kappa shape index (κ3) is 2.69. The number of benzene rings is 2. The molecule has 4 rings (SSSR count). The molecule has 0 radical (unpaired) electrons. The van der Waals surface area contributed by atoms with Crippen LogP contribution in [0.25, 0.3) is 0 Å². The van der Waals surface area contributed by atoms with E-state index < -0.39 is 5.92 Å². The molecule has 5 nitrogen and oxygen atoms in total. The summed E-state index contributed by atoms with van der Waals surface area (Å²) in [6.45, 7) is 1.55. The highest BCUT2D eigenvalue weighted by atomic mass is 16.5. The van der Waals surface area contributed by atoms with E-state index in [1.165, 1.54) is 5.56 Å². The van der Waals surface area contributed by atoms with Crippen LogP contribution in [0, 0.1) is 0 Å². The Kier molecular flexibility index (Phi) is 4.47. The van der Waals surface area contributed by atoms with Crippen molar-refractivity contribution < 1.29 is 14.3 Å². The number of nitrogens with one attached hydrogen (secondary N) is 1. The summed E-state index contributed by atoms with van der Waals surface area (Å²) in [5.74, 6) is -0.461. The van der Waals surface area contributed by atoms with Gasteiger partial charge in [-0.25, -0.2) is 0 Å². The average molecular weight is 350 g/mol. The summed E-state index contributed by atoms with van der Waals surface area (Å²) in [5.41, 5.74) is 3.74. The van der Waals surface area contributed by atoms with Crippen LogP contribution in [0.1, 0.15) is 39.0 Å². The minimum atomic E-state index is -0.415. The molecule has 0 fully saturated rings. The minimum Gasteiger partial charge on any atom is -0.383 e. The maximum atomic E-state index is 13.1. The first-order valence-corrected chi connectivity index (χ1v) is 8.96. The number of methoxy groups -OCH3 is 1. The Hall–Kier alpha value is -2.66. The lowest BCUT2D eigenvalue weighted by Crippen LogP contribution is -2.50. The molecule has 0 aliphatic carbocycles. The number of carbonyl (C=O) groups is 2. The largest absolute Gasteiger partial charge is 0.383 e. The summed E-state index contributed by atoms with van der Waals surface area (Å²) in [7, 11) is 1.61. The molecule has 0 unspecified atom stereocenters. The van der Waals surface area contributed by atoms with E-state index >= 15 is 0 Å². The summed E-state index contributed by atoms with van der Waals surface area (Å²) < 4.78 is 5.05. The molecule has 2 aliphatic rings. The molecular formula is C21H22N2O3. The average Bonchev–Trinajstić information content (AvgIpc) is 2.68. The van der Waals surface area contributed by atoms with Gasteiger partial charge in [-0.2, -0.15) is 0 Å². The van der Waals surface area contributed by atoms with Gasteiger partial charge in [0.15, 0.2) is 0 Å². The standard InChI is InChI=1S/C21H22N2O3/c1-26-13-11-22-20(24)18-16-8-4-5-9-17(16)21(25)23-12-10-14-6-2-3-7-15(14)19(18)23/h2-9,18-19H,10-13H2,1H3,(H,22,24)/t18-,19+/m0/s1.